The zero-order chi connectivity index (χ0) is 91.2. The van der Waals surface area contributed by atoms with Crippen molar-refractivity contribution in [1.82, 2.24) is 49.8 Å². The van der Waals surface area contributed by atoms with Crippen molar-refractivity contribution in [2.45, 2.75) is 96.3 Å². The molecule has 35 rings (SSSR count). The summed E-state index contributed by atoms with van der Waals surface area (Å²) in [5, 5.41) is 0. The summed E-state index contributed by atoms with van der Waals surface area (Å²) in [6.45, 7) is 0. The number of anilines is 15. The summed E-state index contributed by atoms with van der Waals surface area (Å²) >= 11 is 0. The Morgan fingerprint density at radius 3 is 0.921 bits per heavy atom. The van der Waals surface area contributed by atoms with Gasteiger partial charge in [0.1, 0.15) is 29.1 Å². The van der Waals surface area contributed by atoms with Crippen LogP contribution in [0.25, 0.3) is 55.6 Å². The molecule has 0 saturated carbocycles. The minimum absolute atomic E-state index is 0.884. The summed E-state index contributed by atoms with van der Waals surface area (Å²) < 4.78 is 0. The van der Waals surface area contributed by atoms with Crippen molar-refractivity contribution in [1.29, 1.82) is 0 Å². The summed E-state index contributed by atoms with van der Waals surface area (Å²) in [5.74, 6) is 5.23. The van der Waals surface area contributed by atoms with E-state index in [0.29, 0.717) is 0 Å². The monoisotopic (exact) mass is 1800 g/mol. The molecule has 10 aromatic carbocycles. The third-order valence-electron chi connectivity index (χ3n) is 31.9. The summed E-state index contributed by atoms with van der Waals surface area (Å²) in [7, 11) is 0. The molecule has 0 atom stereocenters. The second kappa shape index (κ2) is 30.1. The highest BCUT2D eigenvalue weighted by Crippen LogP contribution is 2.62. The third-order valence-corrected chi connectivity index (χ3v) is 31.9. The number of hydrogen-bond donors (Lipinski definition) is 0. The van der Waals surface area contributed by atoms with E-state index in [1.54, 1.807) is 0 Å². The fraction of sp³-hybridized carbons (Fsp3) is 0.120. The first-order valence-corrected chi connectivity index (χ1v) is 49.1. The molecule has 0 spiro atoms. The van der Waals surface area contributed by atoms with Gasteiger partial charge in [-0.05, 0) is 323 Å². The van der Waals surface area contributed by atoms with Crippen molar-refractivity contribution < 1.29 is 0 Å². The van der Waals surface area contributed by atoms with Crippen LogP contribution in [0.2, 0.25) is 0 Å². The highest BCUT2D eigenvalue weighted by Gasteiger charge is 2.45. The minimum atomic E-state index is 0.884. The summed E-state index contributed by atoms with van der Waals surface area (Å²) in [6, 6.07) is 94.7. The lowest BCUT2D eigenvalue weighted by Crippen LogP contribution is -2.27. The molecule has 0 radical (unpaired) electrons. The van der Waals surface area contributed by atoms with Crippen LogP contribution in [-0.2, 0) is 96.3 Å². The SMILES string of the molecule is c1ccc2c(c1)Cc1c-2cc2c3c1Cc1ncccc1N3c1cccnc1C2.c1ccc2c(c1)Cc1cc3c4c(c1-2)Cc1cccnc1N4c1ncccc1C3.c1ccc2c(c1)Cc1cc3c4c(c1-2)Cc1ccncc1N4c1ncccc1C3.c1ccc2c(c1)Cc1cc3c4c(c1-2)Cc1cnccc1N4c1ncccc1C3.c1ccc2c(c1)Cc1cc3c4c(c1-2)Cc1ncccc1N4c1ncccc1C3. The van der Waals surface area contributed by atoms with Gasteiger partial charge in [-0.25, -0.2) is 24.9 Å². The molecule has 5 aliphatic carbocycles. The standard InChI is InChI=1S/5C25H17N3/c1-2-8-20-15(5-1)11-18-13-19-12-16-6-3-9-26-24(16)28-23(19)21(22(18)20)14-17-7-4-10-27-25(17)28;1-2-7-19-15(5-1)11-17-13-18-12-16-6-3-10-27-25(16)28-22-8-4-9-26-21(22)14-20(23(17)19)24(18)28;1-2-6-17-15(5-1)11-19-18(17)12-16-13-21-23(7-3-9-26-21)28-24-8-4-10-27-22(24)14-20(19)25(16)28;1-2-6-20-15(4-1)10-18-12-19-11-17-5-3-8-27-25(17)28-22-14-26-9-7-16(22)13-21(23(18)20)24(19)28;1-2-6-20-15(4-1)10-17-12-18-11-16-5-3-8-27-25(16)28-22-7-9-26-14-19(22)13-21(23(17)20)24(18)28/h2*1-10,13H,11-12,14H2;1-10,12H,11,13-14H2;2*1-9,12,14H,10-11,13H2. The Bertz CT molecular complexity index is 8020. The van der Waals surface area contributed by atoms with Gasteiger partial charge in [0.2, 0.25) is 0 Å². The number of nitrogens with zero attached hydrogens (tertiary/aromatic N) is 15. The lowest BCUT2D eigenvalue weighted by Gasteiger charge is -2.39. The average Bonchev–Trinajstić information content (AvgIpc) is 1.71. The first kappa shape index (κ1) is 77.9. The van der Waals surface area contributed by atoms with Crippen LogP contribution < -0.4 is 24.5 Å². The van der Waals surface area contributed by atoms with Gasteiger partial charge in [0, 0.05) is 132 Å². The van der Waals surface area contributed by atoms with Gasteiger partial charge >= 0.3 is 0 Å². The summed E-state index contributed by atoms with van der Waals surface area (Å²) in [6.07, 6.45) is 37.5. The normalized spacial score (nSPS) is 14.6. The lowest BCUT2D eigenvalue weighted by atomic mass is 9.83. The van der Waals surface area contributed by atoms with Gasteiger partial charge in [0.25, 0.3) is 0 Å². The molecular formula is C125H85N15. The number of benzene rings is 10. The van der Waals surface area contributed by atoms with E-state index in [9.17, 15) is 0 Å². The van der Waals surface area contributed by atoms with E-state index < -0.39 is 0 Å². The predicted octanol–water partition coefficient (Wildman–Crippen LogP) is 26.6. The lowest BCUT2D eigenvalue weighted by molar-refractivity contribution is 0.936. The van der Waals surface area contributed by atoms with Crippen molar-refractivity contribution >= 4 is 86.0 Å². The zero-order valence-corrected chi connectivity index (χ0v) is 76.6. The zero-order valence-electron chi connectivity index (χ0n) is 76.6. The molecular weight excluding hydrogens is 1710 g/mol. The molecule has 0 N–H and O–H groups in total. The maximum absolute atomic E-state index is 4.79. The second-order valence-corrected chi connectivity index (χ2v) is 39.4. The maximum atomic E-state index is 4.79. The average molecular weight is 1800 g/mol. The fourth-order valence-electron chi connectivity index (χ4n) is 26.5. The second-order valence-electron chi connectivity index (χ2n) is 39.4. The predicted molar refractivity (Wildman–Crippen MR) is 553 cm³/mol. The third kappa shape index (κ3) is 11.5. The Balaban J connectivity index is 0.0000000806. The Morgan fingerprint density at radius 2 is 0.457 bits per heavy atom. The molecule has 20 aromatic rings. The van der Waals surface area contributed by atoms with Gasteiger partial charge in [0.05, 0.1) is 80.2 Å². The number of aromatic nitrogens is 10. The molecule has 0 unspecified atom stereocenters. The molecule has 0 amide bonds. The van der Waals surface area contributed by atoms with E-state index in [4.69, 9.17) is 39.9 Å². The molecule has 20 heterocycles. The van der Waals surface area contributed by atoms with Crippen LogP contribution in [0.1, 0.15) is 167 Å². The van der Waals surface area contributed by atoms with E-state index in [1.165, 1.54) is 263 Å². The van der Waals surface area contributed by atoms with E-state index in [1.807, 2.05) is 123 Å². The summed E-state index contributed by atoms with van der Waals surface area (Å²) in [5.41, 5.74) is 68.0. The summed E-state index contributed by atoms with van der Waals surface area (Å²) in [4.78, 5) is 58.8. The van der Waals surface area contributed by atoms with Crippen LogP contribution in [0, 0.1) is 0 Å². The van der Waals surface area contributed by atoms with E-state index in [-0.39, 0.29) is 0 Å². The quantitative estimate of drug-likeness (QED) is 0.142. The first-order chi connectivity index (χ1) is 69.4. The van der Waals surface area contributed by atoms with Gasteiger partial charge in [-0.3, -0.25) is 44.5 Å². The van der Waals surface area contributed by atoms with Gasteiger partial charge in [0.15, 0.2) is 0 Å². The van der Waals surface area contributed by atoms with Gasteiger partial charge in [-0.15, -0.1) is 0 Å². The first-order valence-electron chi connectivity index (χ1n) is 49.1. The fourth-order valence-corrected chi connectivity index (χ4v) is 26.5. The van der Waals surface area contributed by atoms with Crippen molar-refractivity contribution in [2.75, 3.05) is 24.5 Å². The molecule has 15 heteroatoms. The van der Waals surface area contributed by atoms with Crippen molar-refractivity contribution in [3.05, 3.63) is 503 Å². The van der Waals surface area contributed by atoms with E-state index >= 15 is 0 Å². The largest absolute Gasteiger partial charge is 0.306 e. The van der Waals surface area contributed by atoms with E-state index in [0.717, 1.165) is 142 Å². The molecule has 0 saturated heterocycles. The molecule has 0 bridgehead atoms. The van der Waals surface area contributed by atoms with Crippen LogP contribution in [0.15, 0.2) is 335 Å². The molecule has 15 aliphatic rings. The van der Waals surface area contributed by atoms with Crippen molar-refractivity contribution in [2.24, 2.45) is 0 Å². The number of hydrogen-bond acceptors (Lipinski definition) is 15. The molecule has 10 aliphatic heterocycles. The highest BCUT2D eigenvalue weighted by molar-refractivity contribution is 6.01. The molecule has 15 nitrogen and oxygen atoms in total. The number of fused-ring (bicyclic) bond motifs is 40. The van der Waals surface area contributed by atoms with Crippen LogP contribution in [0.4, 0.5) is 86.0 Å². The Hall–Kier alpha value is -17.3. The van der Waals surface area contributed by atoms with Crippen LogP contribution in [0.5, 0.6) is 0 Å². The van der Waals surface area contributed by atoms with Crippen molar-refractivity contribution in [3.63, 3.8) is 0 Å². The van der Waals surface area contributed by atoms with Gasteiger partial charge in [-0.2, -0.15) is 0 Å². The van der Waals surface area contributed by atoms with Gasteiger partial charge < -0.3 is 4.90 Å². The molecule has 10 aromatic heterocycles. The smallest absolute Gasteiger partial charge is 0.142 e. The maximum Gasteiger partial charge on any atom is 0.142 e. The van der Waals surface area contributed by atoms with Gasteiger partial charge in [-0.1, -0.05) is 176 Å². The molecule has 140 heavy (non-hydrogen) atoms. The minimum Gasteiger partial charge on any atom is -0.306 e. The van der Waals surface area contributed by atoms with Crippen LogP contribution >= 0.6 is 0 Å². The van der Waals surface area contributed by atoms with Crippen LogP contribution in [0.3, 0.4) is 0 Å². The Kier molecular flexibility index (Phi) is 16.8. The highest BCUT2D eigenvalue weighted by atomic mass is 15.3. The van der Waals surface area contributed by atoms with E-state index in [2.05, 4.69) is 247 Å². The topological polar surface area (TPSA) is 145 Å². The Labute approximate surface area is 809 Å². The Morgan fingerprint density at radius 1 is 0.157 bits per heavy atom. The molecule has 0 fully saturated rings. The number of pyridine rings is 10. The molecule has 660 valence electrons. The van der Waals surface area contributed by atoms with Crippen molar-refractivity contribution in [3.8, 4) is 55.6 Å². The number of rotatable bonds is 0. The van der Waals surface area contributed by atoms with Crippen LogP contribution in [-0.4, -0.2) is 49.8 Å².